The van der Waals surface area contributed by atoms with E-state index in [1.807, 2.05) is 11.0 Å². The van der Waals surface area contributed by atoms with Crippen molar-refractivity contribution >= 4 is 5.97 Å². The standard InChI is InChI=1S/C12H17FN2O2/c1-15(8-11(14)12(16)17)6-5-9-3-2-4-10(13)7-9/h2-4,7,11H,5-6,8,14H2,1H3,(H,16,17). The maximum Gasteiger partial charge on any atom is 0.321 e. The fourth-order valence-electron chi connectivity index (χ4n) is 1.52. The quantitative estimate of drug-likeness (QED) is 0.768. The first-order valence-electron chi connectivity index (χ1n) is 5.40. The SMILES string of the molecule is CN(CCc1cccc(F)c1)CC(N)C(=O)O. The first-order chi connectivity index (χ1) is 7.99. The lowest BCUT2D eigenvalue weighted by Gasteiger charge is -2.18. The van der Waals surface area contributed by atoms with Crippen molar-refractivity contribution in [2.24, 2.45) is 5.73 Å². The van der Waals surface area contributed by atoms with Gasteiger partial charge in [-0.3, -0.25) is 4.79 Å². The highest BCUT2D eigenvalue weighted by Gasteiger charge is 2.13. The van der Waals surface area contributed by atoms with Gasteiger partial charge in [0, 0.05) is 13.1 Å². The molecule has 4 nitrogen and oxygen atoms in total. The van der Waals surface area contributed by atoms with Crippen LogP contribution in [0.3, 0.4) is 0 Å². The van der Waals surface area contributed by atoms with Crippen molar-refractivity contribution < 1.29 is 14.3 Å². The molecule has 0 saturated heterocycles. The van der Waals surface area contributed by atoms with Crippen LogP contribution in [0.2, 0.25) is 0 Å². The van der Waals surface area contributed by atoms with Crippen LogP contribution in [0.1, 0.15) is 5.56 Å². The van der Waals surface area contributed by atoms with Gasteiger partial charge in [-0.1, -0.05) is 12.1 Å². The molecule has 0 fully saturated rings. The molecule has 0 saturated carbocycles. The highest BCUT2D eigenvalue weighted by Crippen LogP contribution is 2.04. The third-order valence-corrected chi connectivity index (χ3v) is 2.50. The van der Waals surface area contributed by atoms with E-state index in [9.17, 15) is 9.18 Å². The molecule has 0 radical (unpaired) electrons. The van der Waals surface area contributed by atoms with Crippen molar-refractivity contribution in [1.82, 2.24) is 4.90 Å². The van der Waals surface area contributed by atoms with E-state index in [0.29, 0.717) is 13.0 Å². The number of nitrogens with zero attached hydrogens (tertiary/aromatic N) is 1. The van der Waals surface area contributed by atoms with Crippen molar-refractivity contribution in [1.29, 1.82) is 0 Å². The number of carboxylic acids is 1. The van der Waals surface area contributed by atoms with E-state index in [4.69, 9.17) is 10.8 Å². The maximum atomic E-state index is 12.9. The molecule has 0 aliphatic heterocycles. The van der Waals surface area contributed by atoms with E-state index in [2.05, 4.69) is 0 Å². The van der Waals surface area contributed by atoms with E-state index in [1.54, 1.807) is 13.1 Å². The van der Waals surface area contributed by atoms with Crippen molar-refractivity contribution in [3.8, 4) is 0 Å². The van der Waals surface area contributed by atoms with Crippen LogP contribution in [0.5, 0.6) is 0 Å². The number of benzene rings is 1. The normalized spacial score (nSPS) is 12.7. The molecule has 3 N–H and O–H groups in total. The molecule has 1 aromatic rings. The summed E-state index contributed by atoms with van der Waals surface area (Å²) < 4.78 is 12.9. The van der Waals surface area contributed by atoms with Crippen molar-refractivity contribution in [2.45, 2.75) is 12.5 Å². The van der Waals surface area contributed by atoms with E-state index in [0.717, 1.165) is 5.56 Å². The molecule has 94 valence electrons. The summed E-state index contributed by atoms with van der Waals surface area (Å²) in [7, 11) is 1.79. The zero-order chi connectivity index (χ0) is 12.8. The molecule has 0 aromatic heterocycles. The number of hydrogen-bond acceptors (Lipinski definition) is 3. The topological polar surface area (TPSA) is 66.6 Å². The summed E-state index contributed by atoms with van der Waals surface area (Å²) >= 11 is 0. The van der Waals surface area contributed by atoms with Crippen LogP contribution in [0.25, 0.3) is 0 Å². The van der Waals surface area contributed by atoms with Crippen molar-refractivity contribution in [3.63, 3.8) is 0 Å². The van der Waals surface area contributed by atoms with Crippen molar-refractivity contribution in [2.75, 3.05) is 20.1 Å². The molecule has 1 unspecified atom stereocenters. The lowest BCUT2D eigenvalue weighted by Crippen LogP contribution is -2.41. The first-order valence-corrected chi connectivity index (χ1v) is 5.40. The second-order valence-electron chi connectivity index (χ2n) is 4.09. The molecule has 0 heterocycles. The van der Waals surface area contributed by atoms with E-state index < -0.39 is 12.0 Å². The fraction of sp³-hybridized carbons (Fsp3) is 0.417. The average Bonchev–Trinajstić information content (AvgIpc) is 2.26. The summed E-state index contributed by atoms with van der Waals surface area (Å²) in [4.78, 5) is 12.4. The summed E-state index contributed by atoms with van der Waals surface area (Å²) in [5.74, 6) is -1.27. The van der Waals surface area contributed by atoms with Gasteiger partial charge in [0.15, 0.2) is 0 Å². The van der Waals surface area contributed by atoms with Crippen LogP contribution in [-0.2, 0) is 11.2 Å². The van der Waals surface area contributed by atoms with Gasteiger partial charge < -0.3 is 15.7 Å². The van der Waals surface area contributed by atoms with Crippen LogP contribution in [0, 0.1) is 5.82 Å². The third kappa shape index (κ3) is 4.93. The second-order valence-corrected chi connectivity index (χ2v) is 4.09. The summed E-state index contributed by atoms with van der Waals surface area (Å²) in [5.41, 5.74) is 6.30. The van der Waals surface area contributed by atoms with Crippen LogP contribution in [-0.4, -0.2) is 42.2 Å². The smallest absolute Gasteiger partial charge is 0.321 e. The Bertz CT molecular complexity index is 385. The Morgan fingerprint density at radius 2 is 2.29 bits per heavy atom. The minimum absolute atomic E-state index is 0.257. The first kappa shape index (κ1) is 13.6. The number of rotatable bonds is 6. The largest absolute Gasteiger partial charge is 0.480 e. The van der Waals surface area contributed by atoms with Gasteiger partial charge >= 0.3 is 5.97 Å². The number of aliphatic carboxylic acids is 1. The molecule has 17 heavy (non-hydrogen) atoms. The molecule has 5 heteroatoms. The zero-order valence-electron chi connectivity index (χ0n) is 9.77. The van der Waals surface area contributed by atoms with Gasteiger partial charge in [0.25, 0.3) is 0 Å². The summed E-state index contributed by atoms with van der Waals surface area (Å²) in [6.45, 7) is 0.926. The number of likely N-dealkylation sites (N-methyl/N-ethyl adjacent to an activating group) is 1. The van der Waals surface area contributed by atoms with Gasteiger partial charge in [0.1, 0.15) is 11.9 Å². The number of carbonyl (C=O) groups is 1. The number of halogens is 1. The minimum Gasteiger partial charge on any atom is -0.480 e. The number of nitrogens with two attached hydrogens (primary N) is 1. The molecule has 1 atom stereocenters. The van der Waals surface area contributed by atoms with Gasteiger partial charge in [-0.2, -0.15) is 0 Å². The Balaban J connectivity index is 2.38. The van der Waals surface area contributed by atoms with Gasteiger partial charge in [-0.05, 0) is 31.2 Å². The Hall–Kier alpha value is -1.46. The lowest BCUT2D eigenvalue weighted by atomic mass is 10.1. The fourth-order valence-corrected chi connectivity index (χ4v) is 1.52. The van der Waals surface area contributed by atoms with E-state index in [-0.39, 0.29) is 12.4 Å². The minimum atomic E-state index is -1.01. The molecule has 1 aromatic carbocycles. The molecule has 0 aliphatic carbocycles. The van der Waals surface area contributed by atoms with Crippen LogP contribution >= 0.6 is 0 Å². The van der Waals surface area contributed by atoms with Crippen LogP contribution < -0.4 is 5.73 Å². The van der Waals surface area contributed by atoms with Crippen LogP contribution in [0.4, 0.5) is 4.39 Å². The van der Waals surface area contributed by atoms with Crippen LogP contribution in [0.15, 0.2) is 24.3 Å². The second kappa shape index (κ2) is 6.32. The molecule has 0 aliphatic rings. The molecule has 0 amide bonds. The number of hydrogen-bond donors (Lipinski definition) is 2. The van der Waals surface area contributed by atoms with Gasteiger partial charge in [-0.15, -0.1) is 0 Å². The summed E-state index contributed by atoms with van der Waals surface area (Å²) in [6.07, 6.45) is 0.667. The molecule has 0 bridgehead atoms. The van der Waals surface area contributed by atoms with Crippen molar-refractivity contribution in [3.05, 3.63) is 35.6 Å². The average molecular weight is 240 g/mol. The predicted octanol–water partition coefficient (Wildman–Crippen LogP) is 0.712. The van der Waals surface area contributed by atoms with Gasteiger partial charge in [0.2, 0.25) is 0 Å². The monoisotopic (exact) mass is 240 g/mol. The Kier molecular flexibility index (Phi) is 5.06. The Morgan fingerprint density at radius 1 is 1.59 bits per heavy atom. The highest BCUT2D eigenvalue weighted by atomic mass is 19.1. The molecular formula is C12H17FN2O2. The summed E-state index contributed by atoms with van der Waals surface area (Å²) in [6, 6.07) is 5.49. The van der Waals surface area contributed by atoms with E-state index >= 15 is 0 Å². The van der Waals surface area contributed by atoms with E-state index in [1.165, 1.54) is 12.1 Å². The lowest BCUT2D eigenvalue weighted by molar-refractivity contribution is -0.138. The molecular weight excluding hydrogens is 223 g/mol. The predicted molar refractivity (Wildman–Crippen MR) is 63.2 cm³/mol. The zero-order valence-corrected chi connectivity index (χ0v) is 9.77. The Labute approximate surface area is 99.8 Å². The molecule has 1 rings (SSSR count). The highest BCUT2D eigenvalue weighted by molar-refractivity contribution is 5.73. The van der Waals surface area contributed by atoms with Gasteiger partial charge in [0.05, 0.1) is 0 Å². The number of carboxylic acid groups (broad SMARTS) is 1. The Morgan fingerprint density at radius 3 is 2.88 bits per heavy atom. The van der Waals surface area contributed by atoms with Gasteiger partial charge in [-0.25, -0.2) is 4.39 Å². The summed E-state index contributed by atoms with van der Waals surface area (Å²) in [5, 5.41) is 8.65. The maximum absolute atomic E-state index is 12.9. The third-order valence-electron chi connectivity index (χ3n) is 2.50. The molecule has 0 spiro atoms.